The molecule has 0 aliphatic heterocycles. The number of carbonyl (C=O) groups is 1. The van der Waals surface area contributed by atoms with Crippen LogP contribution in [0, 0.1) is 0 Å². The molecule has 1 N–H and O–H groups in total. The topological polar surface area (TPSA) is 38.3 Å². The molecule has 0 spiro atoms. The zero-order valence-corrected chi connectivity index (χ0v) is 10.3. The van der Waals surface area contributed by atoms with Gasteiger partial charge in [0.1, 0.15) is 5.60 Å². The van der Waals surface area contributed by atoms with Gasteiger partial charge < -0.3 is 4.74 Å². The molecule has 3 nitrogen and oxygen atoms in total. The molecule has 1 rings (SSSR count). The highest BCUT2D eigenvalue weighted by molar-refractivity contribution is 9.10. The number of halogens is 1. The first kappa shape index (κ1) is 7.28. The van der Waals surface area contributed by atoms with Gasteiger partial charge in [0.15, 0.2) is 0 Å². The predicted molar refractivity (Wildman–Crippen MR) is 64.0 cm³/mol. The second-order valence-electron chi connectivity index (χ2n) is 3.82. The van der Waals surface area contributed by atoms with E-state index < -0.39 is 11.7 Å². The van der Waals surface area contributed by atoms with Crippen LogP contribution in [0.4, 0.5) is 10.5 Å². The average Bonchev–Trinajstić information content (AvgIpc) is 2.27. The summed E-state index contributed by atoms with van der Waals surface area (Å²) in [6.45, 7) is 5.05. The maximum absolute atomic E-state index is 11.6. The molecule has 82 valence electrons. The lowest BCUT2D eigenvalue weighted by Crippen LogP contribution is -2.27. The van der Waals surface area contributed by atoms with E-state index in [9.17, 15) is 4.79 Å². The van der Waals surface area contributed by atoms with Crippen LogP contribution in [0.25, 0.3) is 0 Å². The first-order chi connectivity index (χ1) is 8.54. The highest BCUT2D eigenvalue weighted by Gasteiger charge is 2.15. The minimum atomic E-state index is -0.823. The summed E-state index contributed by atoms with van der Waals surface area (Å²) in [5, 5.41) is 2.25. The molecule has 1 amide bonds. The van der Waals surface area contributed by atoms with Gasteiger partial charge in [-0.3, -0.25) is 5.32 Å². The van der Waals surface area contributed by atoms with Crippen LogP contribution in [0.15, 0.2) is 28.6 Å². The molecular weight excluding hydrogens is 258 g/mol. The number of anilines is 1. The number of nitrogens with one attached hydrogen (secondary N) is 1. The summed E-state index contributed by atoms with van der Waals surface area (Å²) < 4.78 is 35.7. The lowest BCUT2D eigenvalue weighted by molar-refractivity contribution is 0.0636. The fourth-order valence-electron chi connectivity index (χ4n) is 0.765. The van der Waals surface area contributed by atoms with Crippen LogP contribution in [-0.2, 0) is 4.74 Å². The zero-order chi connectivity index (χ0) is 15.0. The van der Waals surface area contributed by atoms with Gasteiger partial charge in [0.2, 0.25) is 0 Å². The third-order valence-corrected chi connectivity index (χ3v) is 1.62. The molecule has 0 atom stereocenters. The van der Waals surface area contributed by atoms with E-state index in [-0.39, 0.29) is 34.3 Å². The number of carbonyl (C=O) groups excluding carboxylic acids is 1. The van der Waals surface area contributed by atoms with Crippen molar-refractivity contribution in [2.24, 2.45) is 0 Å². The standard InChI is InChI=1S/C11H14BrNO2/c1-11(2,3)15-10(14)13-9-6-4-8(12)5-7-9/h4-7H,1-3H3,(H,13,14)/i4D,5D,6D,7D. The minimum absolute atomic E-state index is 0.0530. The molecule has 1 aromatic rings. The summed E-state index contributed by atoms with van der Waals surface area (Å²) in [4.78, 5) is 11.6. The summed E-state index contributed by atoms with van der Waals surface area (Å²) >= 11 is 2.97. The third kappa shape index (κ3) is 4.83. The van der Waals surface area contributed by atoms with Crippen molar-refractivity contribution in [2.45, 2.75) is 26.4 Å². The molecular formula is C11H14BrNO2. The zero-order valence-electron chi connectivity index (χ0n) is 12.7. The highest BCUT2D eigenvalue weighted by atomic mass is 79.9. The number of amides is 1. The molecule has 0 aliphatic rings. The normalized spacial score (nSPS) is 14.7. The SMILES string of the molecule is [2H]c1c([2H])c(NC(=O)OC(C)(C)C)c([2H])c([2H])c1Br. The van der Waals surface area contributed by atoms with Crippen LogP contribution in [0.2, 0.25) is 0 Å². The minimum Gasteiger partial charge on any atom is -0.444 e. The molecule has 0 saturated carbocycles. The van der Waals surface area contributed by atoms with E-state index in [4.69, 9.17) is 10.2 Å². The molecule has 15 heavy (non-hydrogen) atoms. The molecule has 1 aromatic carbocycles. The van der Waals surface area contributed by atoms with Gasteiger partial charge in [0.05, 0.1) is 5.48 Å². The molecule has 0 radical (unpaired) electrons. The summed E-state index contributed by atoms with van der Waals surface area (Å²) in [5.41, 5.74) is -0.912. The maximum Gasteiger partial charge on any atom is 0.412 e. The Morgan fingerprint density at radius 1 is 1.40 bits per heavy atom. The van der Waals surface area contributed by atoms with Gasteiger partial charge in [-0.05, 0) is 44.9 Å². The van der Waals surface area contributed by atoms with Crippen LogP contribution in [0.5, 0.6) is 0 Å². The van der Waals surface area contributed by atoms with Crippen LogP contribution >= 0.6 is 15.9 Å². The quantitative estimate of drug-likeness (QED) is 0.847. The van der Waals surface area contributed by atoms with Crippen LogP contribution < -0.4 is 5.32 Å². The van der Waals surface area contributed by atoms with E-state index >= 15 is 0 Å². The van der Waals surface area contributed by atoms with Gasteiger partial charge in [-0.1, -0.05) is 15.9 Å². The fourth-order valence-corrected chi connectivity index (χ4v) is 0.964. The van der Waals surface area contributed by atoms with E-state index in [0.29, 0.717) is 0 Å². The molecule has 0 bridgehead atoms. The van der Waals surface area contributed by atoms with E-state index in [2.05, 4.69) is 21.2 Å². The van der Waals surface area contributed by atoms with E-state index in [1.54, 1.807) is 20.8 Å². The summed E-state index contributed by atoms with van der Waals surface area (Å²) in [6, 6.07) is -1.18. The first-order valence-corrected chi connectivity index (χ1v) is 5.09. The number of rotatable bonds is 1. The monoisotopic (exact) mass is 275 g/mol. The van der Waals surface area contributed by atoms with Gasteiger partial charge in [0.25, 0.3) is 0 Å². The largest absolute Gasteiger partial charge is 0.444 e. The molecule has 0 unspecified atom stereocenters. The maximum atomic E-state index is 11.6. The van der Waals surface area contributed by atoms with Crippen molar-refractivity contribution in [2.75, 3.05) is 5.32 Å². The van der Waals surface area contributed by atoms with Gasteiger partial charge in [-0.2, -0.15) is 0 Å². The van der Waals surface area contributed by atoms with Gasteiger partial charge in [-0.25, -0.2) is 4.79 Å². The van der Waals surface area contributed by atoms with E-state index in [0.717, 1.165) is 0 Å². The Kier molecular flexibility index (Phi) is 2.26. The fraction of sp³-hybridized carbons (Fsp3) is 0.364. The third-order valence-electron chi connectivity index (χ3n) is 1.22. The van der Waals surface area contributed by atoms with Crippen LogP contribution in [0.3, 0.4) is 0 Å². The van der Waals surface area contributed by atoms with E-state index in [1.165, 1.54) is 0 Å². The summed E-state index contributed by atoms with van der Waals surface area (Å²) in [5.74, 6) is 0. The lowest BCUT2D eigenvalue weighted by atomic mass is 10.2. The van der Waals surface area contributed by atoms with Crippen molar-refractivity contribution in [1.29, 1.82) is 0 Å². The van der Waals surface area contributed by atoms with E-state index in [1.807, 2.05) is 0 Å². The molecule has 0 fully saturated rings. The Hall–Kier alpha value is -1.03. The van der Waals surface area contributed by atoms with Crippen molar-refractivity contribution in [1.82, 2.24) is 0 Å². The lowest BCUT2D eigenvalue weighted by Gasteiger charge is -2.19. The number of hydrogen-bond donors (Lipinski definition) is 1. The Morgan fingerprint density at radius 3 is 2.40 bits per heavy atom. The Labute approximate surface area is 104 Å². The van der Waals surface area contributed by atoms with Crippen molar-refractivity contribution >= 4 is 27.7 Å². The summed E-state index contributed by atoms with van der Waals surface area (Å²) in [7, 11) is 0. The van der Waals surface area contributed by atoms with Crippen molar-refractivity contribution < 1.29 is 15.0 Å². The van der Waals surface area contributed by atoms with Crippen molar-refractivity contribution in [3.8, 4) is 0 Å². The second-order valence-corrected chi connectivity index (χ2v) is 4.61. The Balaban J connectivity index is 3.13. The molecule has 0 saturated heterocycles. The second kappa shape index (κ2) is 4.66. The Morgan fingerprint density at radius 2 is 1.93 bits per heavy atom. The number of hydrogen-bond acceptors (Lipinski definition) is 2. The van der Waals surface area contributed by atoms with Crippen LogP contribution in [-0.4, -0.2) is 11.7 Å². The summed E-state index contributed by atoms with van der Waals surface area (Å²) in [6.07, 6.45) is -0.823. The molecule has 4 heteroatoms. The van der Waals surface area contributed by atoms with Gasteiger partial charge >= 0.3 is 6.09 Å². The number of benzene rings is 1. The average molecular weight is 276 g/mol. The van der Waals surface area contributed by atoms with Crippen molar-refractivity contribution in [3.63, 3.8) is 0 Å². The van der Waals surface area contributed by atoms with Crippen molar-refractivity contribution in [3.05, 3.63) is 28.6 Å². The highest BCUT2D eigenvalue weighted by Crippen LogP contribution is 2.15. The van der Waals surface area contributed by atoms with Gasteiger partial charge in [0, 0.05) is 10.2 Å². The Bertz CT molecular complexity index is 499. The predicted octanol–water partition coefficient (Wildman–Crippen LogP) is 3.80. The van der Waals surface area contributed by atoms with Gasteiger partial charge in [-0.15, -0.1) is 0 Å². The molecule has 0 aliphatic carbocycles. The number of ether oxygens (including phenoxy) is 1. The molecule has 0 heterocycles. The first-order valence-electron chi connectivity index (χ1n) is 6.30. The molecule has 0 aromatic heterocycles. The smallest absolute Gasteiger partial charge is 0.412 e. The van der Waals surface area contributed by atoms with Crippen LogP contribution in [0.1, 0.15) is 26.3 Å².